The lowest BCUT2D eigenvalue weighted by Crippen LogP contribution is -2.47. The summed E-state index contributed by atoms with van der Waals surface area (Å²) in [6, 6.07) is -0.141. The van der Waals surface area contributed by atoms with Crippen LogP contribution in [0.15, 0.2) is 0 Å². The van der Waals surface area contributed by atoms with Gasteiger partial charge in [0.05, 0.1) is 24.9 Å². The summed E-state index contributed by atoms with van der Waals surface area (Å²) in [7, 11) is 2.11. The van der Waals surface area contributed by atoms with Crippen LogP contribution in [0.4, 0.5) is 5.13 Å². The van der Waals surface area contributed by atoms with E-state index in [0.717, 1.165) is 43.4 Å². The number of carbonyl (C=O) groups excluding carboxylic acids is 1. The molecule has 0 bridgehead atoms. The van der Waals surface area contributed by atoms with Crippen LogP contribution in [0.25, 0.3) is 0 Å². The van der Waals surface area contributed by atoms with E-state index in [9.17, 15) is 4.79 Å². The number of ether oxygens (including phenoxy) is 1. The van der Waals surface area contributed by atoms with Crippen LogP contribution in [0.2, 0.25) is 0 Å². The summed E-state index contributed by atoms with van der Waals surface area (Å²) in [4.78, 5) is 22.6. The van der Waals surface area contributed by atoms with Crippen LogP contribution in [0.3, 0.4) is 0 Å². The Morgan fingerprint density at radius 2 is 2.14 bits per heavy atom. The molecule has 21 heavy (non-hydrogen) atoms. The van der Waals surface area contributed by atoms with Crippen LogP contribution in [-0.4, -0.2) is 66.6 Å². The highest BCUT2D eigenvalue weighted by atomic mass is 32.1. The van der Waals surface area contributed by atoms with Crippen LogP contribution in [0.5, 0.6) is 0 Å². The number of fused-ring (bicyclic) bond motifs is 1. The lowest BCUT2D eigenvalue weighted by Gasteiger charge is -2.31. The number of rotatable bonds is 3. The molecule has 116 valence electrons. The molecular weight excluding hydrogens is 288 g/mol. The number of aromatic nitrogens is 1. The number of nitrogens with zero attached hydrogens (tertiary/aromatic N) is 3. The smallest absolute Gasteiger partial charge is 0.243 e. The van der Waals surface area contributed by atoms with E-state index in [1.165, 1.54) is 4.88 Å². The molecule has 0 aromatic carbocycles. The molecule has 1 N–H and O–H groups in total. The number of anilines is 1. The molecule has 2 aliphatic rings. The maximum Gasteiger partial charge on any atom is 0.243 e. The average Bonchev–Trinajstić information content (AvgIpc) is 2.88. The number of amides is 1. The molecule has 1 fully saturated rings. The number of nitrogens with one attached hydrogen (secondary N) is 1. The van der Waals surface area contributed by atoms with Gasteiger partial charge in [-0.3, -0.25) is 9.69 Å². The van der Waals surface area contributed by atoms with E-state index in [2.05, 4.69) is 27.1 Å². The van der Waals surface area contributed by atoms with E-state index >= 15 is 0 Å². The second-order valence-electron chi connectivity index (χ2n) is 5.69. The standard InChI is InChI=1S/C14H22N4O2S/c1-10(18-5-7-20-8-6-18)13(19)16-14-15-11-3-4-17(2)9-12(11)21-14/h10H,3-9H2,1-2H3,(H,15,16,19). The number of hydrogen-bond donors (Lipinski definition) is 1. The molecule has 2 aliphatic heterocycles. The van der Waals surface area contributed by atoms with Crippen molar-refractivity contribution in [2.45, 2.75) is 25.9 Å². The minimum absolute atomic E-state index is 0.0244. The highest BCUT2D eigenvalue weighted by Gasteiger charge is 2.25. The Morgan fingerprint density at radius 1 is 1.38 bits per heavy atom. The largest absolute Gasteiger partial charge is 0.379 e. The van der Waals surface area contributed by atoms with Crippen LogP contribution in [-0.2, 0) is 22.5 Å². The molecule has 1 saturated heterocycles. The molecule has 3 heterocycles. The predicted octanol–water partition coefficient (Wildman–Crippen LogP) is 0.790. The summed E-state index contributed by atoms with van der Waals surface area (Å²) in [5, 5.41) is 3.71. The fourth-order valence-corrected chi connectivity index (χ4v) is 3.81. The third-order valence-electron chi connectivity index (χ3n) is 4.13. The van der Waals surface area contributed by atoms with E-state index in [1.54, 1.807) is 11.3 Å². The van der Waals surface area contributed by atoms with E-state index in [4.69, 9.17) is 4.74 Å². The summed E-state index contributed by atoms with van der Waals surface area (Å²) in [6.45, 7) is 6.95. The number of likely N-dealkylation sites (N-methyl/N-ethyl adjacent to an activating group) is 1. The molecule has 1 aromatic rings. The Labute approximate surface area is 129 Å². The molecule has 7 heteroatoms. The molecule has 1 unspecified atom stereocenters. The van der Waals surface area contributed by atoms with E-state index in [1.807, 2.05) is 6.92 Å². The fraction of sp³-hybridized carbons (Fsp3) is 0.714. The van der Waals surface area contributed by atoms with Crippen molar-refractivity contribution in [3.8, 4) is 0 Å². The first-order valence-corrected chi connectivity index (χ1v) is 8.25. The SMILES string of the molecule is CC(C(=O)Nc1nc2c(s1)CN(C)CC2)N1CCOCC1. The van der Waals surface area contributed by atoms with Gasteiger partial charge >= 0.3 is 0 Å². The molecule has 1 atom stereocenters. The van der Waals surface area contributed by atoms with E-state index in [-0.39, 0.29) is 11.9 Å². The first-order chi connectivity index (χ1) is 10.1. The van der Waals surface area contributed by atoms with Gasteiger partial charge in [-0.15, -0.1) is 11.3 Å². The van der Waals surface area contributed by atoms with Crippen molar-refractivity contribution in [3.63, 3.8) is 0 Å². The van der Waals surface area contributed by atoms with Gasteiger partial charge in [-0.2, -0.15) is 0 Å². The van der Waals surface area contributed by atoms with Crippen molar-refractivity contribution < 1.29 is 9.53 Å². The summed E-state index contributed by atoms with van der Waals surface area (Å²) in [5.74, 6) is 0.0244. The van der Waals surface area contributed by atoms with Crippen LogP contribution >= 0.6 is 11.3 Å². The maximum absolute atomic E-state index is 12.4. The van der Waals surface area contributed by atoms with Crippen LogP contribution in [0, 0.1) is 0 Å². The summed E-state index contributed by atoms with van der Waals surface area (Å²) in [5.41, 5.74) is 1.15. The monoisotopic (exact) mass is 310 g/mol. The predicted molar refractivity (Wildman–Crippen MR) is 82.6 cm³/mol. The van der Waals surface area contributed by atoms with Crippen molar-refractivity contribution >= 4 is 22.4 Å². The molecule has 0 saturated carbocycles. The fourth-order valence-electron chi connectivity index (χ4n) is 2.72. The third kappa shape index (κ3) is 3.42. The number of thiazole rings is 1. The van der Waals surface area contributed by atoms with Gasteiger partial charge in [-0.05, 0) is 14.0 Å². The van der Waals surface area contributed by atoms with Crippen molar-refractivity contribution in [3.05, 3.63) is 10.6 Å². The van der Waals surface area contributed by atoms with Gasteiger partial charge in [-0.25, -0.2) is 4.98 Å². The molecule has 0 radical (unpaired) electrons. The van der Waals surface area contributed by atoms with Crippen molar-refractivity contribution in [1.82, 2.24) is 14.8 Å². The number of carbonyl (C=O) groups is 1. The third-order valence-corrected chi connectivity index (χ3v) is 5.12. The van der Waals surface area contributed by atoms with Crippen molar-refractivity contribution in [1.29, 1.82) is 0 Å². The zero-order chi connectivity index (χ0) is 14.8. The molecule has 1 aromatic heterocycles. The Bertz CT molecular complexity index is 513. The van der Waals surface area contributed by atoms with Crippen molar-refractivity contribution in [2.75, 3.05) is 45.2 Å². The van der Waals surface area contributed by atoms with Gasteiger partial charge < -0.3 is 15.0 Å². The highest BCUT2D eigenvalue weighted by Crippen LogP contribution is 2.27. The molecule has 1 amide bonds. The Kier molecular flexibility index (Phi) is 4.54. The molecule has 0 aliphatic carbocycles. The van der Waals surface area contributed by atoms with E-state index < -0.39 is 0 Å². The van der Waals surface area contributed by atoms with Gasteiger partial charge in [-0.1, -0.05) is 0 Å². The highest BCUT2D eigenvalue weighted by molar-refractivity contribution is 7.15. The Hall–Kier alpha value is -1.02. The summed E-state index contributed by atoms with van der Waals surface area (Å²) >= 11 is 1.60. The van der Waals surface area contributed by atoms with Gasteiger partial charge in [0.1, 0.15) is 0 Å². The average molecular weight is 310 g/mol. The normalized spacial score (nSPS) is 21.8. The van der Waals surface area contributed by atoms with Gasteiger partial charge in [0, 0.05) is 37.5 Å². The minimum atomic E-state index is -0.141. The molecular formula is C14H22N4O2S. The number of morpholine rings is 1. The maximum atomic E-state index is 12.4. The van der Waals surface area contributed by atoms with Crippen molar-refractivity contribution in [2.24, 2.45) is 0 Å². The molecule has 6 nitrogen and oxygen atoms in total. The first-order valence-electron chi connectivity index (χ1n) is 7.43. The summed E-state index contributed by atoms with van der Waals surface area (Å²) in [6.07, 6.45) is 0.969. The zero-order valence-corrected chi connectivity index (χ0v) is 13.4. The summed E-state index contributed by atoms with van der Waals surface area (Å²) < 4.78 is 5.32. The molecule has 3 rings (SSSR count). The first kappa shape index (κ1) is 14.9. The van der Waals surface area contributed by atoms with Crippen LogP contribution < -0.4 is 5.32 Å². The second kappa shape index (κ2) is 6.39. The van der Waals surface area contributed by atoms with Gasteiger partial charge in [0.15, 0.2) is 5.13 Å². The Balaban J connectivity index is 1.62. The van der Waals surface area contributed by atoms with E-state index in [0.29, 0.717) is 13.2 Å². The van der Waals surface area contributed by atoms with Gasteiger partial charge in [0.2, 0.25) is 5.91 Å². The second-order valence-corrected chi connectivity index (χ2v) is 6.77. The lowest BCUT2D eigenvalue weighted by molar-refractivity contribution is -0.122. The van der Waals surface area contributed by atoms with Gasteiger partial charge in [0.25, 0.3) is 0 Å². The Morgan fingerprint density at radius 3 is 2.90 bits per heavy atom. The number of hydrogen-bond acceptors (Lipinski definition) is 6. The quantitative estimate of drug-likeness (QED) is 0.894. The minimum Gasteiger partial charge on any atom is -0.379 e. The molecule has 0 spiro atoms. The lowest BCUT2D eigenvalue weighted by atomic mass is 10.2. The topological polar surface area (TPSA) is 57.7 Å². The zero-order valence-electron chi connectivity index (χ0n) is 12.6. The van der Waals surface area contributed by atoms with Crippen LogP contribution in [0.1, 0.15) is 17.5 Å².